The number of aliphatic hydroxyl groups is 1. The lowest BCUT2D eigenvalue weighted by Gasteiger charge is -2.26. The molecule has 1 amide bonds. The Balaban J connectivity index is 1.88. The number of halogens is 2. The van der Waals surface area contributed by atoms with Crippen LogP contribution in [0.25, 0.3) is 5.76 Å². The van der Waals surface area contributed by atoms with Gasteiger partial charge >= 0.3 is 0 Å². The van der Waals surface area contributed by atoms with E-state index in [1.165, 1.54) is 35.2 Å². The third-order valence-electron chi connectivity index (χ3n) is 5.36. The van der Waals surface area contributed by atoms with Crippen LogP contribution in [0, 0.1) is 0 Å². The molecule has 0 spiro atoms. The van der Waals surface area contributed by atoms with E-state index < -0.39 is 17.7 Å². The van der Waals surface area contributed by atoms with Crippen molar-refractivity contribution in [3.05, 3.63) is 93.5 Å². The molecule has 6 nitrogen and oxygen atoms in total. The van der Waals surface area contributed by atoms with Crippen molar-refractivity contribution < 1.29 is 24.5 Å². The summed E-state index contributed by atoms with van der Waals surface area (Å²) in [5.41, 5.74) is 0.945. The topological polar surface area (TPSA) is 87.1 Å². The maximum atomic E-state index is 13.2. The van der Waals surface area contributed by atoms with E-state index in [-0.39, 0.29) is 32.8 Å². The van der Waals surface area contributed by atoms with Crippen molar-refractivity contribution in [2.24, 2.45) is 0 Å². The van der Waals surface area contributed by atoms with Crippen LogP contribution in [0.15, 0.2) is 72.3 Å². The minimum atomic E-state index is -1.02. The predicted octanol–water partition coefficient (Wildman–Crippen LogP) is 6.11. The number of benzene rings is 3. The largest absolute Gasteiger partial charge is 0.508 e. The van der Waals surface area contributed by atoms with E-state index in [9.17, 15) is 19.8 Å². The van der Waals surface area contributed by atoms with Gasteiger partial charge in [-0.15, -0.1) is 0 Å². The molecular weight excluding hydrogens is 477 g/mol. The molecule has 0 radical (unpaired) electrons. The summed E-state index contributed by atoms with van der Waals surface area (Å²) in [6, 6.07) is 16.3. The molecule has 1 fully saturated rings. The number of aliphatic hydroxyl groups excluding tert-OH is 1. The lowest BCUT2D eigenvalue weighted by molar-refractivity contribution is -0.132. The Hall–Kier alpha value is -3.48. The summed E-state index contributed by atoms with van der Waals surface area (Å²) in [5, 5.41) is 21.8. The first-order valence-electron chi connectivity index (χ1n) is 10.6. The van der Waals surface area contributed by atoms with E-state index in [1.54, 1.807) is 36.4 Å². The van der Waals surface area contributed by atoms with Gasteiger partial charge in [-0.3, -0.25) is 14.5 Å². The van der Waals surface area contributed by atoms with Crippen molar-refractivity contribution in [2.45, 2.75) is 19.4 Å². The fourth-order valence-electron chi connectivity index (χ4n) is 3.87. The number of Topliss-reactive ketones (excluding diaryl/α,β-unsaturated/α-hetero) is 1. The van der Waals surface area contributed by atoms with E-state index >= 15 is 0 Å². The van der Waals surface area contributed by atoms with Gasteiger partial charge in [0.25, 0.3) is 11.7 Å². The maximum Gasteiger partial charge on any atom is 0.300 e. The lowest BCUT2D eigenvalue weighted by Crippen LogP contribution is -2.29. The second-order valence-electron chi connectivity index (χ2n) is 7.76. The van der Waals surface area contributed by atoms with Crippen LogP contribution in [0.5, 0.6) is 11.5 Å². The molecule has 34 heavy (non-hydrogen) atoms. The maximum absolute atomic E-state index is 13.2. The zero-order chi connectivity index (χ0) is 24.4. The van der Waals surface area contributed by atoms with Crippen molar-refractivity contribution in [1.29, 1.82) is 0 Å². The normalized spacial score (nSPS) is 17.3. The molecule has 4 rings (SSSR count). The Morgan fingerprint density at radius 2 is 1.68 bits per heavy atom. The molecule has 1 atom stereocenters. The third-order valence-corrected chi connectivity index (χ3v) is 5.79. The summed E-state index contributed by atoms with van der Waals surface area (Å²) >= 11 is 12.3. The summed E-state index contributed by atoms with van der Waals surface area (Å²) in [6.07, 6.45) is 0.850. The van der Waals surface area contributed by atoms with Crippen LogP contribution < -0.4 is 9.64 Å². The van der Waals surface area contributed by atoms with Crippen LogP contribution in [0.4, 0.5) is 5.69 Å². The predicted molar refractivity (Wildman–Crippen MR) is 132 cm³/mol. The van der Waals surface area contributed by atoms with Gasteiger partial charge in [-0.2, -0.15) is 0 Å². The summed E-state index contributed by atoms with van der Waals surface area (Å²) in [7, 11) is 0. The van der Waals surface area contributed by atoms with Gasteiger partial charge in [0.2, 0.25) is 0 Å². The molecule has 0 saturated carbocycles. The van der Waals surface area contributed by atoms with Crippen LogP contribution in [0.3, 0.4) is 0 Å². The molecule has 0 aliphatic carbocycles. The number of hydrogen-bond donors (Lipinski definition) is 2. The molecule has 1 aliphatic rings. The SMILES string of the molecule is CCCOc1ccc(/C(O)=C2\C(=O)C(=O)N(c3cc(Cl)cc(Cl)c3)C2c2cccc(O)c2)cc1. The number of amides is 1. The molecule has 1 saturated heterocycles. The molecule has 8 heteroatoms. The number of rotatable bonds is 6. The van der Waals surface area contributed by atoms with Gasteiger partial charge < -0.3 is 14.9 Å². The summed E-state index contributed by atoms with van der Waals surface area (Å²) in [6.45, 7) is 2.55. The van der Waals surface area contributed by atoms with Crippen LogP contribution in [0.2, 0.25) is 10.0 Å². The van der Waals surface area contributed by atoms with E-state index in [1.807, 2.05) is 6.92 Å². The fraction of sp³-hybridized carbons (Fsp3) is 0.154. The van der Waals surface area contributed by atoms with E-state index in [0.29, 0.717) is 23.5 Å². The van der Waals surface area contributed by atoms with Gasteiger partial charge in [0.1, 0.15) is 17.3 Å². The lowest BCUT2D eigenvalue weighted by atomic mass is 9.95. The Morgan fingerprint density at radius 1 is 1.00 bits per heavy atom. The number of anilines is 1. The Kier molecular flexibility index (Phi) is 6.82. The first kappa shape index (κ1) is 23.7. The zero-order valence-electron chi connectivity index (χ0n) is 18.2. The van der Waals surface area contributed by atoms with Crippen molar-refractivity contribution in [2.75, 3.05) is 11.5 Å². The highest BCUT2D eigenvalue weighted by molar-refractivity contribution is 6.52. The molecule has 1 heterocycles. The number of hydrogen-bond acceptors (Lipinski definition) is 5. The number of aromatic hydroxyl groups is 1. The molecule has 1 unspecified atom stereocenters. The molecule has 3 aromatic rings. The van der Waals surface area contributed by atoms with E-state index in [2.05, 4.69) is 0 Å². The highest BCUT2D eigenvalue weighted by Gasteiger charge is 2.47. The highest BCUT2D eigenvalue weighted by Crippen LogP contribution is 2.43. The smallest absolute Gasteiger partial charge is 0.300 e. The molecular formula is C26H21Cl2NO5. The summed E-state index contributed by atoms with van der Waals surface area (Å²) < 4.78 is 5.57. The number of nitrogens with zero attached hydrogens (tertiary/aromatic N) is 1. The van der Waals surface area contributed by atoms with Crippen molar-refractivity contribution in [3.8, 4) is 11.5 Å². The number of ether oxygens (including phenoxy) is 1. The average Bonchev–Trinajstić information content (AvgIpc) is 3.07. The molecule has 1 aliphatic heterocycles. The minimum Gasteiger partial charge on any atom is -0.508 e. The number of carbonyl (C=O) groups excluding carboxylic acids is 2. The van der Waals surface area contributed by atoms with E-state index in [4.69, 9.17) is 27.9 Å². The van der Waals surface area contributed by atoms with Crippen LogP contribution >= 0.6 is 23.2 Å². The Bertz CT molecular complexity index is 1270. The second-order valence-corrected chi connectivity index (χ2v) is 8.64. The molecule has 0 aromatic heterocycles. The summed E-state index contributed by atoms with van der Waals surface area (Å²) in [5.74, 6) is -1.49. The number of phenols is 1. The quantitative estimate of drug-likeness (QED) is 0.243. The Labute approximate surface area is 206 Å². The standard InChI is InChI=1S/C26H21Cl2NO5/c1-2-10-34-21-8-6-15(7-9-21)24(31)22-23(16-4-3-5-20(30)11-16)29(26(33)25(22)32)19-13-17(27)12-18(28)14-19/h3-9,11-14,23,30-31H,2,10H2,1H3/b24-22+. The molecule has 3 aromatic carbocycles. The van der Waals surface area contributed by atoms with Crippen LogP contribution in [-0.4, -0.2) is 28.5 Å². The van der Waals surface area contributed by atoms with Crippen molar-refractivity contribution in [1.82, 2.24) is 0 Å². The third kappa shape index (κ3) is 4.60. The minimum absolute atomic E-state index is 0.0513. The first-order chi connectivity index (χ1) is 16.3. The number of carbonyl (C=O) groups is 2. The van der Waals surface area contributed by atoms with Gasteiger partial charge in [0.05, 0.1) is 18.2 Å². The highest BCUT2D eigenvalue weighted by atomic mass is 35.5. The average molecular weight is 498 g/mol. The van der Waals surface area contributed by atoms with Crippen molar-refractivity contribution >= 4 is 46.3 Å². The summed E-state index contributed by atoms with van der Waals surface area (Å²) in [4.78, 5) is 27.6. The molecule has 0 bridgehead atoms. The number of phenolic OH excluding ortho intramolecular Hbond substituents is 1. The van der Waals surface area contributed by atoms with Gasteiger partial charge in [-0.1, -0.05) is 42.3 Å². The molecule has 2 N–H and O–H groups in total. The number of ketones is 1. The van der Waals surface area contributed by atoms with E-state index in [0.717, 1.165) is 6.42 Å². The van der Waals surface area contributed by atoms with Crippen LogP contribution in [0.1, 0.15) is 30.5 Å². The monoisotopic (exact) mass is 497 g/mol. The zero-order valence-corrected chi connectivity index (χ0v) is 19.7. The van der Waals surface area contributed by atoms with Gasteiger partial charge in [0, 0.05) is 21.3 Å². The fourth-order valence-corrected chi connectivity index (χ4v) is 4.39. The second kappa shape index (κ2) is 9.79. The molecule has 174 valence electrons. The van der Waals surface area contributed by atoms with Crippen molar-refractivity contribution in [3.63, 3.8) is 0 Å². The van der Waals surface area contributed by atoms with Crippen LogP contribution in [-0.2, 0) is 9.59 Å². The Morgan fingerprint density at radius 3 is 2.29 bits per heavy atom. The van der Waals surface area contributed by atoms with Gasteiger partial charge in [-0.25, -0.2) is 0 Å². The first-order valence-corrected chi connectivity index (χ1v) is 11.3. The van der Waals surface area contributed by atoms with Gasteiger partial charge in [0.15, 0.2) is 0 Å². The van der Waals surface area contributed by atoms with Gasteiger partial charge in [-0.05, 0) is 66.6 Å².